The quantitative estimate of drug-likeness (QED) is 0.755. The molecule has 8 heteroatoms. The Morgan fingerprint density at radius 2 is 1.80 bits per heavy atom. The van der Waals surface area contributed by atoms with E-state index >= 15 is 0 Å². The van der Waals surface area contributed by atoms with Crippen LogP contribution in [0.15, 0.2) is 45.9 Å². The molecule has 1 fully saturated rings. The number of halogens is 2. The normalized spacial score (nSPS) is 17.0. The van der Waals surface area contributed by atoms with Gasteiger partial charge in [-0.3, -0.25) is 0 Å². The highest BCUT2D eigenvalue weighted by Gasteiger charge is 2.33. The lowest BCUT2D eigenvalue weighted by Gasteiger charge is -2.31. The minimum atomic E-state index is -4.14. The zero-order valence-corrected chi connectivity index (χ0v) is 15.2. The topological polar surface area (TPSA) is 50.5 Å². The van der Waals surface area contributed by atoms with Gasteiger partial charge in [0.2, 0.25) is 10.0 Å². The number of hydrogen-bond acceptors (Lipinski definition) is 4. The average Bonchev–Trinajstić information content (AvgIpc) is 3.08. The van der Waals surface area contributed by atoms with Crippen molar-refractivity contribution in [1.82, 2.24) is 4.31 Å². The summed E-state index contributed by atoms with van der Waals surface area (Å²) in [4.78, 5) is -0.847. The number of nitrogens with zero attached hydrogens (tertiary/aromatic N) is 1. The van der Waals surface area contributed by atoms with E-state index in [1.54, 1.807) is 18.0 Å². The Labute approximate surface area is 150 Å². The van der Waals surface area contributed by atoms with Gasteiger partial charge < -0.3 is 4.42 Å². The minimum Gasteiger partial charge on any atom is -0.468 e. The molecule has 4 nitrogen and oxygen atoms in total. The average molecular weight is 387 g/mol. The molecule has 0 bridgehead atoms. The second-order valence-electron chi connectivity index (χ2n) is 5.99. The Kier molecular flexibility index (Phi) is 5.81. The van der Waals surface area contributed by atoms with Gasteiger partial charge in [-0.1, -0.05) is 6.07 Å². The van der Waals surface area contributed by atoms with Crippen LogP contribution in [0.1, 0.15) is 18.6 Å². The molecular weight excluding hydrogens is 368 g/mol. The lowest BCUT2D eigenvalue weighted by Crippen LogP contribution is -2.39. The van der Waals surface area contributed by atoms with Gasteiger partial charge in [0.25, 0.3) is 0 Å². The molecule has 1 saturated heterocycles. The van der Waals surface area contributed by atoms with E-state index in [2.05, 4.69) is 0 Å². The highest BCUT2D eigenvalue weighted by atomic mass is 32.2. The van der Waals surface area contributed by atoms with E-state index in [0.29, 0.717) is 18.8 Å². The number of sulfonamides is 1. The van der Waals surface area contributed by atoms with Crippen LogP contribution < -0.4 is 0 Å². The van der Waals surface area contributed by atoms with Gasteiger partial charge in [0.05, 0.1) is 12.0 Å². The Balaban J connectivity index is 1.56. The second-order valence-corrected chi connectivity index (χ2v) is 8.90. The van der Waals surface area contributed by atoms with Gasteiger partial charge in [0.1, 0.15) is 17.4 Å². The zero-order chi connectivity index (χ0) is 17.9. The van der Waals surface area contributed by atoms with E-state index in [1.807, 2.05) is 12.1 Å². The van der Waals surface area contributed by atoms with Crippen LogP contribution in [-0.2, 0) is 15.8 Å². The van der Waals surface area contributed by atoms with Gasteiger partial charge in [-0.15, -0.1) is 0 Å². The molecule has 0 saturated carbocycles. The first-order valence-electron chi connectivity index (χ1n) is 8.03. The van der Waals surface area contributed by atoms with Gasteiger partial charge in [-0.25, -0.2) is 17.2 Å². The maximum absolute atomic E-state index is 13.8. The summed E-state index contributed by atoms with van der Waals surface area (Å²) < 4.78 is 59.2. The van der Waals surface area contributed by atoms with Crippen molar-refractivity contribution in [1.29, 1.82) is 0 Å². The van der Waals surface area contributed by atoms with Crippen LogP contribution in [0.2, 0.25) is 0 Å². The first-order valence-corrected chi connectivity index (χ1v) is 10.6. The molecule has 2 heterocycles. The zero-order valence-electron chi connectivity index (χ0n) is 13.5. The smallest absolute Gasteiger partial charge is 0.248 e. The van der Waals surface area contributed by atoms with Crippen molar-refractivity contribution in [2.24, 2.45) is 5.92 Å². The van der Waals surface area contributed by atoms with Crippen LogP contribution in [0.5, 0.6) is 0 Å². The predicted molar refractivity (Wildman–Crippen MR) is 92.7 cm³/mol. The summed E-state index contributed by atoms with van der Waals surface area (Å²) in [5, 5.41) is 0. The Morgan fingerprint density at radius 1 is 1.12 bits per heavy atom. The minimum absolute atomic E-state index is 0.280. The molecule has 0 amide bonds. The van der Waals surface area contributed by atoms with Crippen LogP contribution in [-0.4, -0.2) is 31.6 Å². The van der Waals surface area contributed by atoms with Crippen molar-refractivity contribution >= 4 is 21.8 Å². The predicted octanol–water partition coefficient (Wildman–Crippen LogP) is 3.89. The molecule has 0 radical (unpaired) electrons. The van der Waals surface area contributed by atoms with Gasteiger partial charge in [0, 0.05) is 13.1 Å². The summed E-state index contributed by atoms with van der Waals surface area (Å²) in [6.45, 7) is 0.560. The number of piperidine rings is 1. The lowest BCUT2D eigenvalue weighted by atomic mass is 10.0. The molecule has 25 heavy (non-hydrogen) atoms. The van der Waals surface area contributed by atoms with Crippen LogP contribution in [0.4, 0.5) is 8.78 Å². The highest BCUT2D eigenvalue weighted by Crippen LogP contribution is 2.29. The Hall–Kier alpha value is -1.38. The summed E-state index contributed by atoms with van der Waals surface area (Å²) in [7, 11) is -4.14. The molecule has 1 aliphatic heterocycles. The van der Waals surface area contributed by atoms with Crippen LogP contribution in [0.25, 0.3) is 0 Å². The largest absolute Gasteiger partial charge is 0.468 e. The van der Waals surface area contributed by atoms with E-state index in [9.17, 15) is 17.2 Å². The number of hydrogen-bond donors (Lipinski definition) is 0. The molecule has 0 aliphatic carbocycles. The third-order valence-electron chi connectivity index (χ3n) is 4.27. The summed E-state index contributed by atoms with van der Waals surface area (Å²) in [5.41, 5.74) is 0. The first kappa shape index (κ1) is 18.4. The monoisotopic (exact) mass is 387 g/mol. The van der Waals surface area contributed by atoms with Gasteiger partial charge in [-0.2, -0.15) is 16.1 Å². The van der Waals surface area contributed by atoms with E-state index < -0.39 is 26.6 Å². The molecule has 1 aromatic heterocycles. The molecule has 0 atom stereocenters. The fraction of sp³-hybridized carbons (Fsp3) is 0.412. The fourth-order valence-corrected chi connectivity index (χ4v) is 5.62. The maximum atomic E-state index is 13.8. The maximum Gasteiger partial charge on any atom is 0.248 e. The third kappa shape index (κ3) is 4.24. The molecule has 136 valence electrons. The first-order chi connectivity index (χ1) is 12.0. The Bertz CT molecular complexity index is 781. The summed E-state index contributed by atoms with van der Waals surface area (Å²) >= 11 is 1.75. The molecule has 0 unspecified atom stereocenters. The lowest BCUT2D eigenvalue weighted by molar-refractivity contribution is 0.289. The third-order valence-corrected chi connectivity index (χ3v) is 7.41. The molecule has 2 aromatic rings. The van der Waals surface area contributed by atoms with Crippen molar-refractivity contribution in [3.8, 4) is 0 Å². The molecule has 1 aliphatic rings. The van der Waals surface area contributed by atoms with Gasteiger partial charge in [0.15, 0.2) is 4.90 Å². The molecule has 0 spiro atoms. The van der Waals surface area contributed by atoms with Crippen LogP contribution in [0.3, 0.4) is 0 Å². The Morgan fingerprint density at radius 3 is 2.40 bits per heavy atom. The molecule has 1 aromatic carbocycles. The van der Waals surface area contributed by atoms with Gasteiger partial charge in [-0.05, 0) is 48.8 Å². The fourth-order valence-electron chi connectivity index (χ4n) is 2.90. The van der Waals surface area contributed by atoms with Crippen molar-refractivity contribution in [3.05, 3.63) is 54.0 Å². The van der Waals surface area contributed by atoms with E-state index in [4.69, 9.17) is 4.42 Å². The number of furan rings is 1. The van der Waals surface area contributed by atoms with Crippen molar-refractivity contribution < 1.29 is 21.6 Å². The second kappa shape index (κ2) is 7.88. The standard InChI is InChI=1S/C17H19F2NO3S2/c18-15-4-1-5-16(19)17(15)25(21,22)20-8-6-13(7-9-20)11-24-12-14-3-2-10-23-14/h1-5,10,13H,6-9,11-12H2. The van der Waals surface area contributed by atoms with E-state index in [0.717, 1.165) is 35.5 Å². The number of rotatable bonds is 6. The summed E-state index contributed by atoms with van der Waals surface area (Å²) in [5.74, 6) is 0.901. The summed E-state index contributed by atoms with van der Waals surface area (Å²) in [6.07, 6.45) is 3.00. The van der Waals surface area contributed by atoms with E-state index in [-0.39, 0.29) is 13.1 Å². The van der Waals surface area contributed by atoms with E-state index in [1.165, 1.54) is 4.31 Å². The molecular formula is C17H19F2NO3S2. The van der Waals surface area contributed by atoms with Crippen molar-refractivity contribution in [2.45, 2.75) is 23.5 Å². The molecule has 0 N–H and O–H groups in total. The summed E-state index contributed by atoms with van der Waals surface area (Å²) in [6, 6.07) is 6.86. The number of thioether (sulfide) groups is 1. The SMILES string of the molecule is O=S(=O)(c1c(F)cccc1F)N1CCC(CSCc2ccco2)CC1. The van der Waals surface area contributed by atoms with Crippen molar-refractivity contribution in [3.63, 3.8) is 0 Å². The highest BCUT2D eigenvalue weighted by molar-refractivity contribution is 7.98. The van der Waals surface area contributed by atoms with Crippen LogP contribution in [0, 0.1) is 17.6 Å². The number of benzene rings is 1. The van der Waals surface area contributed by atoms with Crippen LogP contribution >= 0.6 is 11.8 Å². The van der Waals surface area contributed by atoms with Gasteiger partial charge >= 0.3 is 0 Å². The molecule has 3 rings (SSSR count). The van der Waals surface area contributed by atoms with Crippen molar-refractivity contribution in [2.75, 3.05) is 18.8 Å².